The van der Waals surface area contributed by atoms with Gasteiger partial charge in [0.05, 0.1) is 12.6 Å². The zero-order valence-corrected chi connectivity index (χ0v) is 11.2. The lowest BCUT2D eigenvalue weighted by molar-refractivity contribution is -0.0906. The molecular weight excluding hydrogens is 208 g/mol. The Kier molecular flexibility index (Phi) is 2.70. The number of rotatable bonds is 3. The molecule has 4 rings (SSSR count). The average molecular weight is 232 g/mol. The second kappa shape index (κ2) is 3.99. The Labute approximate surface area is 105 Å². The highest BCUT2D eigenvalue weighted by Crippen LogP contribution is 2.61. The van der Waals surface area contributed by atoms with Crippen molar-refractivity contribution in [3.63, 3.8) is 0 Å². The van der Waals surface area contributed by atoms with Crippen molar-refractivity contribution in [2.75, 3.05) is 13.6 Å². The monoisotopic (exact) mass is 232 g/mol. The molecule has 2 nitrogen and oxygen atoms in total. The molecule has 0 N–H and O–H groups in total. The van der Waals surface area contributed by atoms with Crippen LogP contribution in [-0.4, -0.2) is 24.5 Å². The summed E-state index contributed by atoms with van der Waals surface area (Å²) in [6.07, 6.45) is 8.84. The minimum atomic E-state index is 0.556. The zero-order valence-electron chi connectivity index (χ0n) is 11.2. The van der Waals surface area contributed by atoms with Crippen molar-refractivity contribution in [3.8, 4) is 6.07 Å². The van der Waals surface area contributed by atoms with Gasteiger partial charge in [-0.1, -0.05) is 0 Å². The van der Waals surface area contributed by atoms with Gasteiger partial charge >= 0.3 is 0 Å². The fourth-order valence-electron chi connectivity index (χ4n) is 5.41. The van der Waals surface area contributed by atoms with Gasteiger partial charge in [-0.25, -0.2) is 0 Å². The highest BCUT2D eigenvalue weighted by Gasteiger charge is 2.53. The van der Waals surface area contributed by atoms with Gasteiger partial charge < -0.3 is 0 Å². The molecule has 2 heteroatoms. The van der Waals surface area contributed by atoms with Gasteiger partial charge in [-0.3, -0.25) is 4.90 Å². The van der Waals surface area contributed by atoms with Crippen LogP contribution in [0.5, 0.6) is 0 Å². The van der Waals surface area contributed by atoms with Gasteiger partial charge in [0.2, 0.25) is 0 Å². The predicted molar refractivity (Wildman–Crippen MR) is 68.3 cm³/mol. The summed E-state index contributed by atoms with van der Waals surface area (Å²) in [5, 5.41) is 8.88. The van der Waals surface area contributed by atoms with Gasteiger partial charge in [0.15, 0.2) is 0 Å². The molecule has 0 heterocycles. The summed E-state index contributed by atoms with van der Waals surface area (Å²) < 4.78 is 0. The summed E-state index contributed by atoms with van der Waals surface area (Å²) in [5.74, 6) is 3.04. The Morgan fingerprint density at radius 3 is 2.06 bits per heavy atom. The minimum Gasteiger partial charge on any atom is -0.290 e. The second-order valence-corrected chi connectivity index (χ2v) is 7.03. The van der Waals surface area contributed by atoms with Crippen LogP contribution < -0.4 is 0 Å². The van der Waals surface area contributed by atoms with Crippen molar-refractivity contribution < 1.29 is 0 Å². The third-order valence-electron chi connectivity index (χ3n) is 5.95. The lowest BCUT2D eigenvalue weighted by Crippen LogP contribution is -2.55. The van der Waals surface area contributed by atoms with Gasteiger partial charge in [0.25, 0.3) is 0 Å². The van der Waals surface area contributed by atoms with Gasteiger partial charge in [-0.15, -0.1) is 0 Å². The van der Waals surface area contributed by atoms with Crippen LogP contribution >= 0.6 is 0 Å². The van der Waals surface area contributed by atoms with E-state index in [1.807, 2.05) is 0 Å². The molecule has 0 radical (unpaired) electrons. The highest BCUT2D eigenvalue weighted by molar-refractivity contribution is 5.05. The van der Waals surface area contributed by atoms with E-state index in [9.17, 15) is 0 Å². The number of hydrogen-bond donors (Lipinski definition) is 0. The van der Waals surface area contributed by atoms with E-state index in [0.717, 1.165) is 17.8 Å². The first kappa shape index (κ1) is 11.5. The fraction of sp³-hybridized carbons (Fsp3) is 0.933. The molecule has 0 amide bonds. The van der Waals surface area contributed by atoms with Crippen LogP contribution in [0.4, 0.5) is 0 Å². The van der Waals surface area contributed by atoms with Crippen LogP contribution in [0.15, 0.2) is 0 Å². The van der Waals surface area contributed by atoms with E-state index in [1.165, 1.54) is 38.5 Å². The maximum atomic E-state index is 8.88. The van der Waals surface area contributed by atoms with Crippen LogP contribution in [0.25, 0.3) is 0 Å². The molecule has 0 saturated heterocycles. The van der Waals surface area contributed by atoms with Gasteiger partial charge in [-0.2, -0.15) is 5.26 Å². The van der Waals surface area contributed by atoms with Crippen molar-refractivity contribution in [1.82, 2.24) is 4.90 Å². The summed E-state index contributed by atoms with van der Waals surface area (Å²) in [4.78, 5) is 2.28. The lowest BCUT2D eigenvalue weighted by atomic mass is 9.48. The Morgan fingerprint density at radius 1 is 1.18 bits per heavy atom. The van der Waals surface area contributed by atoms with E-state index in [-0.39, 0.29) is 0 Å². The zero-order chi connectivity index (χ0) is 12.0. The molecule has 4 aliphatic carbocycles. The van der Waals surface area contributed by atoms with Crippen molar-refractivity contribution in [2.24, 2.45) is 23.2 Å². The van der Waals surface area contributed by atoms with Crippen LogP contribution in [0.1, 0.15) is 45.4 Å². The Morgan fingerprint density at radius 2 is 1.65 bits per heavy atom. The van der Waals surface area contributed by atoms with E-state index in [0.29, 0.717) is 18.0 Å². The lowest BCUT2D eigenvalue weighted by Gasteiger charge is -2.60. The van der Waals surface area contributed by atoms with E-state index < -0.39 is 0 Å². The topological polar surface area (TPSA) is 27.0 Å². The van der Waals surface area contributed by atoms with Crippen LogP contribution in [0.3, 0.4) is 0 Å². The first-order chi connectivity index (χ1) is 8.13. The standard InChI is InChI=1S/C15H24N2/c1-11(17(2)4-3-16)15-8-12-5-13(9-15)7-14(6-12)10-15/h11-14H,4-10H2,1-2H3. The van der Waals surface area contributed by atoms with Crippen molar-refractivity contribution in [3.05, 3.63) is 0 Å². The summed E-state index contributed by atoms with van der Waals surface area (Å²) in [6, 6.07) is 2.90. The Balaban J connectivity index is 1.79. The smallest absolute Gasteiger partial charge is 0.0865 e. The van der Waals surface area contributed by atoms with Gasteiger partial charge in [0.1, 0.15) is 0 Å². The molecule has 4 bridgehead atoms. The highest BCUT2D eigenvalue weighted by atomic mass is 15.1. The van der Waals surface area contributed by atoms with E-state index >= 15 is 0 Å². The third-order valence-corrected chi connectivity index (χ3v) is 5.95. The summed E-state index contributed by atoms with van der Waals surface area (Å²) in [7, 11) is 2.13. The molecule has 94 valence electrons. The quantitative estimate of drug-likeness (QED) is 0.699. The molecular formula is C15H24N2. The Bertz CT molecular complexity index is 306. The van der Waals surface area contributed by atoms with Crippen molar-refractivity contribution in [2.45, 2.75) is 51.5 Å². The maximum Gasteiger partial charge on any atom is 0.0865 e. The molecule has 0 aromatic rings. The molecule has 1 unspecified atom stereocenters. The maximum absolute atomic E-state index is 8.88. The molecule has 0 aliphatic heterocycles. The first-order valence-electron chi connectivity index (χ1n) is 7.20. The average Bonchev–Trinajstić information content (AvgIpc) is 2.26. The molecule has 0 aromatic heterocycles. The van der Waals surface area contributed by atoms with Crippen molar-refractivity contribution >= 4 is 0 Å². The SMILES string of the molecule is CC(N(C)CC#N)C12CC3CC(CC(C3)C1)C2. The molecule has 4 fully saturated rings. The molecule has 4 aliphatic rings. The van der Waals surface area contributed by atoms with Crippen LogP contribution in [0, 0.1) is 34.5 Å². The Hall–Kier alpha value is -0.550. The largest absolute Gasteiger partial charge is 0.290 e. The fourth-order valence-corrected chi connectivity index (χ4v) is 5.41. The molecule has 17 heavy (non-hydrogen) atoms. The van der Waals surface area contributed by atoms with E-state index in [4.69, 9.17) is 5.26 Å². The molecule has 1 atom stereocenters. The minimum absolute atomic E-state index is 0.556. The second-order valence-electron chi connectivity index (χ2n) is 7.03. The number of hydrogen-bond acceptors (Lipinski definition) is 2. The summed E-state index contributed by atoms with van der Waals surface area (Å²) in [6.45, 7) is 2.95. The molecule has 4 saturated carbocycles. The molecule has 0 aromatic carbocycles. The normalized spacial score (nSPS) is 44.9. The molecule has 0 spiro atoms. The van der Waals surface area contributed by atoms with Crippen molar-refractivity contribution in [1.29, 1.82) is 5.26 Å². The first-order valence-corrected chi connectivity index (χ1v) is 7.20. The van der Waals surface area contributed by atoms with Gasteiger partial charge in [0, 0.05) is 6.04 Å². The van der Waals surface area contributed by atoms with Gasteiger partial charge in [-0.05, 0) is 75.7 Å². The summed E-state index contributed by atoms with van der Waals surface area (Å²) >= 11 is 0. The van der Waals surface area contributed by atoms with Crippen LogP contribution in [0.2, 0.25) is 0 Å². The number of nitriles is 1. The van der Waals surface area contributed by atoms with E-state index in [1.54, 1.807) is 0 Å². The van der Waals surface area contributed by atoms with E-state index in [2.05, 4.69) is 24.9 Å². The third kappa shape index (κ3) is 1.80. The van der Waals surface area contributed by atoms with Crippen LogP contribution in [-0.2, 0) is 0 Å². The summed E-state index contributed by atoms with van der Waals surface area (Å²) in [5.41, 5.74) is 0.556. The predicted octanol–water partition coefficient (Wildman–Crippen LogP) is 3.05. The number of nitrogens with zero attached hydrogens (tertiary/aromatic N) is 2.